The molecule has 2 atom stereocenters. The minimum absolute atomic E-state index is 0.0237. The highest BCUT2D eigenvalue weighted by molar-refractivity contribution is 9.10. The van der Waals surface area contributed by atoms with Crippen LogP contribution in [0.1, 0.15) is 23.2 Å². The van der Waals surface area contributed by atoms with Crippen LogP contribution in [0.4, 0.5) is 8.78 Å². The molecular weight excluding hydrogens is 370 g/mol. The minimum atomic E-state index is -2.69. The molecule has 0 N–H and O–H groups in total. The molecule has 7 heteroatoms. The number of alkyl halides is 2. The van der Waals surface area contributed by atoms with Crippen LogP contribution in [0.3, 0.4) is 0 Å². The Balaban J connectivity index is 1.82. The highest BCUT2D eigenvalue weighted by Gasteiger charge is 2.58. The Morgan fingerprint density at radius 2 is 2.09 bits per heavy atom. The van der Waals surface area contributed by atoms with Crippen molar-refractivity contribution in [3.8, 4) is 0 Å². The average molecular weight is 387 g/mol. The summed E-state index contributed by atoms with van der Waals surface area (Å²) in [5.74, 6) is -4.05. The zero-order chi connectivity index (χ0) is 16.8. The molecule has 4 nitrogen and oxygen atoms in total. The Morgan fingerprint density at radius 3 is 2.70 bits per heavy atom. The van der Waals surface area contributed by atoms with E-state index < -0.39 is 17.9 Å². The SMILES string of the molecule is CN1CCN(C(=O)c2cccc(Br)c2)C(CC2CC2(F)F)C1=O. The van der Waals surface area contributed by atoms with Crippen molar-refractivity contribution in [3.05, 3.63) is 34.3 Å². The van der Waals surface area contributed by atoms with Gasteiger partial charge < -0.3 is 9.80 Å². The van der Waals surface area contributed by atoms with Crippen LogP contribution in [-0.2, 0) is 4.79 Å². The van der Waals surface area contributed by atoms with E-state index in [1.165, 1.54) is 9.80 Å². The highest BCUT2D eigenvalue weighted by atomic mass is 79.9. The summed E-state index contributed by atoms with van der Waals surface area (Å²) in [7, 11) is 1.64. The predicted octanol–water partition coefficient (Wildman–Crippen LogP) is 2.78. The van der Waals surface area contributed by atoms with Crippen LogP contribution < -0.4 is 0 Å². The maximum atomic E-state index is 13.2. The fourth-order valence-electron chi connectivity index (χ4n) is 2.96. The third-order valence-corrected chi connectivity index (χ3v) is 5.00. The fourth-order valence-corrected chi connectivity index (χ4v) is 3.36. The summed E-state index contributed by atoms with van der Waals surface area (Å²) in [5, 5.41) is 0. The topological polar surface area (TPSA) is 40.6 Å². The van der Waals surface area contributed by atoms with E-state index in [2.05, 4.69) is 15.9 Å². The van der Waals surface area contributed by atoms with Gasteiger partial charge in [-0.05, 0) is 24.6 Å². The lowest BCUT2D eigenvalue weighted by Crippen LogP contribution is -2.57. The normalized spacial score (nSPS) is 26.3. The molecule has 0 spiro atoms. The van der Waals surface area contributed by atoms with Crippen molar-refractivity contribution in [2.75, 3.05) is 20.1 Å². The van der Waals surface area contributed by atoms with Crippen LogP contribution >= 0.6 is 15.9 Å². The van der Waals surface area contributed by atoms with Gasteiger partial charge in [0.05, 0.1) is 0 Å². The molecule has 0 bridgehead atoms. The van der Waals surface area contributed by atoms with Crippen molar-refractivity contribution in [1.29, 1.82) is 0 Å². The number of carbonyl (C=O) groups is 2. The molecular formula is C16H17BrF2N2O2. The summed E-state index contributed by atoms with van der Waals surface area (Å²) in [6.45, 7) is 0.771. The van der Waals surface area contributed by atoms with Crippen molar-refractivity contribution < 1.29 is 18.4 Å². The molecule has 2 fully saturated rings. The van der Waals surface area contributed by atoms with Crippen molar-refractivity contribution in [2.24, 2.45) is 5.92 Å². The van der Waals surface area contributed by atoms with E-state index >= 15 is 0 Å². The van der Waals surface area contributed by atoms with E-state index in [0.29, 0.717) is 18.7 Å². The Morgan fingerprint density at radius 1 is 1.39 bits per heavy atom. The van der Waals surface area contributed by atoms with Crippen molar-refractivity contribution in [1.82, 2.24) is 9.80 Å². The summed E-state index contributed by atoms with van der Waals surface area (Å²) in [4.78, 5) is 28.1. The van der Waals surface area contributed by atoms with Gasteiger partial charge in [-0.3, -0.25) is 9.59 Å². The highest BCUT2D eigenvalue weighted by Crippen LogP contribution is 2.51. The fraction of sp³-hybridized carbons (Fsp3) is 0.500. The molecule has 2 amide bonds. The van der Waals surface area contributed by atoms with Crippen LogP contribution in [0.25, 0.3) is 0 Å². The number of piperazine rings is 1. The first kappa shape index (κ1) is 16.4. The lowest BCUT2D eigenvalue weighted by atomic mass is 10.0. The van der Waals surface area contributed by atoms with E-state index in [0.717, 1.165) is 4.47 Å². The first-order valence-electron chi connectivity index (χ1n) is 7.49. The second-order valence-corrected chi connectivity index (χ2v) is 7.10. The van der Waals surface area contributed by atoms with Gasteiger partial charge in [-0.25, -0.2) is 8.78 Å². The third-order valence-electron chi connectivity index (χ3n) is 4.51. The molecule has 1 saturated carbocycles. The Hall–Kier alpha value is -1.50. The number of amides is 2. The van der Waals surface area contributed by atoms with E-state index in [4.69, 9.17) is 0 Å². The standard InChI is InChI=1S/C16H17BrF2N2O2/c1-20-5-6-21(14(22)10-3-2-4-12(17)7-10)13(15(20)23)8-11-9-16(11,18)19/h2-4,7,11,13H,5-6,8-9H2,1H3. The molecule has 0 radical (unpaired) electrons. The number of hydrogen-bond acceptors (Lipinski definition) is 2. The van der Waals surface area contributed by atoms with Crippen LogP contribution in [0.15, 0.2) is 28.7 Å². The van der Waals surface area contributed by atoms with Gasteiger partial charge in [0.1, 0.15) is 6.04 Å². The van der Waals surface area contributed by atoms with Crippen molar-refractivity contribution >= 4 is 27.7 Å². The molecule has 1 saturated heterocycles. The molecule has 1 aliphatic heterocycles. The summed E-state index contributed by atoms with van der Waals surface area (Å²) < 4.78 is 27.2. The minimum Gasteiger partial charge on any atom is -0.342 e. The van der Waals surface area contributed by atoms with Crippen molar-refractivity contribution in [3.63, 3.8) is 0 Å². The lowest BCUT2D eigenvalue weighted by Gasteiger charge is -2.39. The van der Waals surface area contributed by atoms with Crippen LogP contribution in [-0.4, -0.2) is 53.7 Å². The monoisotopic (exact) mass is 386 g/mol. The molecule has 23 heavy (non-hydrogen) atoms. The molecule has 0 aromatic heterocycles. The van der Waals surface area contributed by atoms with Gasteiger partial charge in [0.25, 0.3) is 11.8 Å². The molecule has 1 heterocycles. The van der Waals surface area contributed by atoms with Gasteiger partial charge in [-0.2, -0.15) is 0 Å². The number of likely N-dealkylation sites (N-methyl/N-ethyl adjacent to an activating group) is 1. The number of nitrogens with zero attached hydrogens (tertiary/aromatic N) is 2. The molecule has 124 valence electrons. The second-order valence-electron chi connectivity index (χ2n) is 6.18. The molecule has 3 rings (SSSR count). The lowest BCUT2D eigenvalue weighted by molar-refractivity contribution is -0.139. The van der Waals surface area contributed by atoms with Gasteiger partial charge in [-0.1, -0.05) is 22.0 Å². The molecule has 2 aliphatic rings. The first-order chi connectivity index (χ1) is 10.8. The van der Waals surface area contributed by atoms with E-state index in [1.54, 1.807) is 31.3 Å². The molecule has 1 aliphatic carbocycles. The maximum Gasteiger partial charge on any atom is 0.254 e. The summed E-state index contributed by atoms with van der Waals surface area (Å²) in [6.07, 6.45) is -0.171. The van der Waals surface area contributed by atoms with Gasteiger partial charge >= 0.3 is 0 Å². The number of halogens is 3. The van der Waals surface area contributed by atoms with Gasteiger partial charge in [0.2, 0.25) is 5.91 Å². The summed E-state index contributed by atoms with van der Waals surface area (Å²) in [6, 6.07) is 6.07. The number of benzene rings is 1. The van der Waals surface area contributed by atoms with E-state index in [-0.39, 0.29) is 24.7 Å². The molecule has 1 aromatic rings. The van der Waals surface area contributed by atoms with Crippen LogP contribution in [0.5, 0.6) is 0 Å². The zero-order valence-corrected chi connectivity index (χ0v) is 14.2. The van der Waals surface area contributed by atoms with Crippen LogP contribution in [0.2, 0.25) is 0 Å². The molecule has 2 unspecified atom stereocenters. The summed E-state index contributed by atoms with van der Waals surface area (Å²) >= 11 is 3.31. The molecule has 1 aromatic carbocycles. The zero-order valence-electron chi connectivity index (χ0n) is 12.6. The largest absolute Gasteiger partial charge is 0.342 e. The number of carbonyl (C=O) groups excluding carboxylic acids is 2. The smallest absolute Gasteiger partial charge is 0.254 e. The maximum absolute atomic E-state index is 13.2. The van der Waals surface area contributed by atoms with Gasteiger partial charge in [0, 0.05) is 42.5 Å². The van der Waals surface area contributed by atoms with Crippen molar-refractivity contribution in [2.45, 2.75) is 24.8 Å². The first-order valence-corrected chi connectivity index (χ1v) is 8.28. The van der Waals surface area contributed by atoms with Gasteiger partial charge in [0.15, 0.2) is 0 Å². The number of rotatable bonds is 3. The number of hydrogen-bond donors (Lipinski definition) is 0. The second kappa shape index (κ2) is 5.85. The average Bonchev–Trinajstić information content (AvgIpc) is 3.10. The Kier molecular flexibility index (Phi) is 4.16. The quantitative estimate of drug-likeness (QED) is 0.801. The third kappa shape index (κ3) is 3.24. The van der Waals surface area contributed by atoms with E-state index in [1.807, 2.05) is 0 Å². The Labute approximate surface area is 141 Å². The van der Waals surface area contributed by atoms with Crippen LogP contribution in [0, 0.1) is 5.92 Å². The Bertz CT molecular complexity index is 653. The van der Waals surface area contributed by atoms with E-state index in [9.17, 15) is 18.4 Å². The predicted molar refractivity (Wildman–Crippen MR) is 84.3 cm³/mol. The van der Waals surface area contributed by atoms with Gasteiger partial charge in [-0.15, -0.1) is 0 Å². The summed E-state index contributed by atoms with van der Waals surface area (Å²) in [5.41, 5.74) is 0.448.